The number of hydrogen-bond donors (Lipinski definition) is 3. The molecular weight excluding hydrogens is 426 g/mol. The van der Waals surface area contributed by atoms with Crippen LogP contribution < -0.4 is 16.8 Å². The van der Waals surface area contributed by atoms with Crippen LogP contribution in [-0.4, -0.2) is 55.0 Å². The van der Waals surface area contributed by atoms with E-state index < -0.39 is 0 Å². The van der Waals surface area contributed by atoms with E-state index in [1.165, 1.54) is 0 Å². The van der Waals surface area contributed by atoms with Gasteiger partial charge in [0.05, 0.1) is 12.1 Å². The zero-order valence-corrected chi connectivity index (χ0v) is 19.7. The number of nitrogens with zero attached hydrogens (tertiary/aromatic N) is 4. The first-order valence-corrected chi connectivity index (χ1v) is 11.2. The first kappa shape index (κ1) is 24.5. The van der Waals surface area contributed by atoms with Crippen molar-refractivity contribution in [2.75, 3.05) is 19.6 Å². The van der Waals surface area contributed by atoms with Gasteiger partial charge >= 0.3 is 0 Å². The van der Waals surface area contributed by atoms with E-state index in [-0.39, 0.29) is 17.9 Å². The number of aliphatic imine (C=N–C) groups is 3. The molecule has 34 heavy (non-hydrogen) atoms. The minimum atomic E-state index is -0.0480. The van der Waals surface area contributed by atoms with Gasteiger partial charge in [-0.3, -0.25) is 4.79 Å². The lowest BCUT2D eigenvalue weighted by Gasteiger charge is -2.34. The van der Waals surface area contributed by atoms with Gasteiger partial charge in [-0.15, -0.1) is 0 Å². The fourth-order valence-corrected chi connectivity index (χ4v) is 3.62. The molecule has 2 heterocycles. The maximum Gasteiger partial charge on any atom is 0.251 e. The van der Waals surface area contributed by atoms with E-state index in [1.54, 1.807) is 12.2 Å². The molecule has 176 valence electrons. The van der Waals surface area contributed by atoms with Crippen molar-refractivity contribution < 1.29 is 4.79 Å². The third-order valence-electron chi connectivity index (χ3n) is 5.59. The Morgan fingerprint density at radius 3 is 2.65 bits per heavy atom. The largest absolute Gasteiger partial charge is 0.384 e. The first-order valence-electron chi connectivity index (χ1n) is 11.2. The van der Waals surface area contributed by atoms with Crippen molar-refractivity contribution in [3.8, 4) is 11.8 Å². The molecule has 1 saturated heterocycles. The topological polar surface area (TPSA) is 121 Å². The fraction of sp³-hybridized carbons (Fsp3) is 0.308. The smallest absolute Gasteiger partial charge is 0.251 e. The van der Waals surface area contributed by atoms with Gasteiger partial charge < -0.3 is 21.7 Å². The maximum atomic E-state index is 12.5. The van der Waals surface area contributed by atoms with Gasteiger partial charge in [0.1, 0.15) is 11.7 Å². The van der Waals surface area contributed by atoms with E-state index in [9.17, 15) is 4.79 Å². The summed E-state index contributed by atoms with van der Waals surface area (Å²) < 4.78 is 0. The Morgan fingerprint density at radius 1 is 1.26 bits per heavy atom. The summed E-state index contributed by atoms with van der Waals surface area (Å²) >= 11 is 0. The number of piperidine rings is 1. The Hall–Kier alpha value is -4.12. The second-order valence-electron chi connectivity index (χ2n) is 8.22. The van der Waals surface area contributed by atoms with Crippen LogP contribution >= 0.6 is 0 Å². The van der Waals surface area contributed by atoms with Crippen LogP contribution in [0.1, 0.15) is 37.0 Å². The number of allylic oxidation sites excluding steroid dienone is 3. The highest BCUT2D eigenvalue weighted by Crippen LogP contribution is 2.19. The molecule has 0 unspecified atom stereocenters. The Kier molecular flexibility index (Phi) is 8.41. The molecule has 1 amide bonds. The number of nitrogens with one attached hydrogen (secondary N) is 1. The highest BCUT2D eigenvalue weighted by atomic mass is 16.1. The van der Waals surface area contributed by atoms with Gasteiger partial charge in [-0.05, 0) is 68.8 Å². The molecular formula is C26H31N7O. The summed E-state index contributed by atoms with van der Waals surface area (Å²) in [5.74, 6) is 7.67. The predicted octanol–water partition coefficient (Wildman–Crippen LogP) is 2.37. The van der Waals surface area contributed by atoms with Crippen molar-refractivity contribution in [1.82, 2.24) is 10.2 Å². The molecule has 1 fully saturated rings. The molecule has 3 rings (SSSR count). The maximum absolute atomic E-state index is 12.5. The molecule has 0 aromatic heterocycles. The van der Waals surface area contributed by atoms with Gasteiger partial charge in [-0.25, -0.2) is 9.98 Å². The van der Waals surface area contributed by atoms with Crippen LogP contribution in [0, 0.1) is 11.8 Å². The van der Waals surface area contributed by atoms with Crippen LogP contribution in [-0.2, 0) is 0 Å². The summed E-state index contributed by atoms with van der Waals surface area (Å²) in [4.78, 5) is 27.2. The van der Waals surface area contributed by atoms with Crippen LogP contribution in [0.2, 0.25) is 0 Å². The molecule has 0 atom stereocenters. The molecule has 1 aromatic rings. The van der Waals surface area contributed by atoms with Crippen molar-refractivity contribution in [2.45, 2.75) is 32.7 Å². The summed E-state index contributed by atoms with van der Waals surface area (Å²) in [6.45, 7) is 9.19. The number of rotatable bonds is 4. The van der Waals surface area contributed by atoms with Crippen LogP contribution in [0.3, 0.4) is 0 Å². The van der Waals surface area contributed by atoms with E-state index in [4.69, 9.17) is 11.5 Å². The lowest BCUT2D eigenvalue weighted by molar-refractivity contribution is 0.0922. The first-order chi connectivity index (χ1) is 16.4. The monoisotopic (exact) mass is 457 g/mol. The molecule has 2 aliphatic heterocycles. The minimum absolute atomic E-state index is 0.0480. The van der Waals surface area contributed by atoms with Crippen molar-refractivity contribution in [2.24, 2.45) is 26.4 Å². The van der Waals surface area contributed by atoms with E-state index in [0.29, 0.717) is 17.9 Å². The Balaban J connectivity index is 1.73. The predicted molar refractivity (Wildman–Crippen MR) is 138 cm³/mol. The average molecular weight is 458 g/mol. The fourth-order valence-electron chi connectivity index (χ4n) is 3.62. The number of guanidine groups is 1. The molecule has 8 heteroatoms. The number of amidine groups is 1. The third-order valence-corrected chi connectivity index (χ3v) is 5.59. The zero-order valence-electron chi connectivity index (χ0n) is 19.7. The highest BCUT2D eigenvalue weighted by Gasteiger charge is 2.26. The van der Waals surface area contributed by atoms with Gasteiger partial charge in [0.25, 0.3) is 5.91 Å². The lowest BCUT2D eigenvalue weighted by atomic mass is 10.0. The van der Waals surface area contributed by atoms with Gasteiger partial charge in [0.2, 0.25) is 5.96 Å². The number of hydrogen-bond acceptors (Lipinski definition) is 7. The molecule has 0 spiro atoms. The van der Waals surface area contributed by atoms with Crippen molar-refractivity contribution in [1.29, 1.82) is 0 Å². The molecule has 0 radical (unpaired) electrons. The van der Waals surface area contributed by atoms with E-state index >= 15 is 0 Å². The SMILES string of the molecule is C=N/C(N)=C\C=C(/C)C#CC1=C(C)CN=C(N)N=C1N1CCC(NC(=O)c2ccccc2)CC1. The number of amides is 1. The lowest BCUT2D eigenvalue weighted by Crippen LogP contribution is -2.47. The second-order valence-corrected chi connectivity index (χ2v) is 8.22. The van der Waals surface area contributed by atoms with E-state index in [1.807, 2.05) is 44.2 Å². The Morgan fingerprint density at radius 2 is 1.97 bits per heavy atom. The molecule has 8 nitrogen and oxygen atoms in total. The van der Waals surface area contributed by atoms with Crippen molar-refractivity contribution in [3.05, 3.63) is 70.6 Å². The molecule has 0 saturated carbocycles. The second kappa shape index (κ2) is 11.7. The highest BCUT2D eigenvalue weighted by molar-refractivity contribution is 6.09. The summed E-state index contributed by atoms with van der Waals surface area (Å²) in [6.07, 6.45) is 5.06. The van der Waals surface area contributed by atoms with Crippen molar-refractivity contribution >= 4 is 24.4 Å². The van der Waals surface area contributed by atoms with Gasteiger partial charge in [-0.1, -0.05) is 30.0 Å². The summed E-state index contributed by atoms with van der Waals surface area (Å²) in [7, 11) is 0. The van der Waals surface area contributed by atoms with Crippen LogP contribution in [0.5, 0.6) is 0 Å². The average Bonchev–Trinajstić information content (AvgIpc) is 3.00. The number of nitrogens with two attached hydrogens (primary N) is 2. The molecule has 0 aliphatic carbocycles. The van der Waals surface area contributed by atoms with Crippen molar-refractivity contribution in [3.63, 3.8) is 0 Å². The van der Waals surface area contributed by atoms with Gasteiger partial charge in [0, 0.05) is 24.7 Å². The molecule has 2 aliphatic rings. The Labute approximate surface area is 200 Å². The normalized spacial score (nSPS) is 17.8. The number of benzene rings is 1. The van der Waals surface area contributed by atoms with Crippen LogP contribution in [0.15, 0.2) is 80.0 Å². The van der Waals surface area contributed by atoms with Gasteiger partial charge in [-0.2, -0.15) is 4.99 Å². The van der Waals surface area contributed by atoms with Crippen LogP contribution in [0.25, 0.3) is 0 Å². The number of carbonyl (C=O) groups excluding carboxylic acids is 1. The summed E-state index contributed by atoms with van der Waals surface area (Å²) in [5, 5.41) is 3.14. The molecule has 5 N–H and O–H groups in total. The molecule has 0 bridgehead atoms. The van der Waals surface area contributed by atoms with Crippen LogP contribution in [0.4, 0.5) is 0 Å². The summed E-state index contributed by atoms with van der Waals surface area (Å²) in [6, 6.07) is 9.36. The zero-order chi connectivity index (χ0) is 24.5. The van der Waals surface area contributed by atoms with E-state index in [0.717, 1.165) is 48.5 Å². The van der Waals surface area contributed by atoms with Gasteiger partial charge in [0.15, 0.2) is 0 Å². The number of likely N-dealkylation sites (tertiary alicyclic amines) is 1. The quantitative estimate of drug-likeness (QED) is 0.365. The van der Waals surface area contributed by atoms with E-state index in [2.05, 4.69) is 43.8 Å². The standard InChI is InChI=1S/C26H31N7O/c1-18(10-12-23(27)29-3)9-11-22-19(2)17-30-26(28)32-24(22)33-15-13-21(14-16-33)31-25(34)20-7-5-4-6-8-20/h4-8,10,12,21H,3,13-17,27H2,1-2H3,(H2,28,30)(H,31,34)/b18-10+,23-12-. The Bertz CT molecular complexity index is 1140. The number of carbonyl (C=O) groups is 1. The third kappa shape index (κ3) is 6.69. The minimum Gasteiger partial charge on any atom is -0.384 e. The molecule has 1 aromatic carbocycles. The summed E-state index contributed by atoms with van der Waals surface area (Å²) in [5.41, 5.74) is 15.0.